The maximum Gasteiger partial charge on any atom is 0.330 e. The predicted molar refractivity (Wildman–Crippen MR) is 102 cm³/mol. The minimum absolute atomic E-state index is 0.0442. The highest BCUT2D eigenvalue weighted by Gasteiger charge is 2.27. The molecule has 1 heterocycles. The molecule has 0 radical (unpaired) electrons. The van der Waals surface area contributed by atoms with E-state index in [4.69, 9.17) is 10.5 Å². The standard InChI is InChI=1S/C19H28N4O4/c1-21-10-3-5-17(24)23-14-8-6-13(7-9-14)12-15(20)18(25)27-19(26)16-4-2-11-22-16/h6-9,15-16,21-22H,2-5,10-12,20H2,1H3,(H,23,24)/t15-,16-/m0/s1. The van der Waals surface area contributed by atoms with Crippen molar-refractivity contribution in [2.75, 3.05) is 25.5 Å². The smallest absolute Gasteiger partial charge is 0.330 e. The van der Waals surface area contributed by atoms with Crippen molar-refractivity contribution in [2.45, 2.75) is 44.2 Å². The molecule has 0 saturated carbocycles. The molecule has 2 rings (SSSR count). The van der Waals surface area contributed by atoms with Crippen LogP contribution in [0.25, 0.3) is 0 Å². The van der Waals surface area contributed by atoms with Gasteiger partial charge in [0, 0.05) is 12.1 Å². The van der Waals surface area contributed by atoms with E-state index in [1.807, 2.05) is 7.05 Å². The van der Waals surface area contributed by atoms with Crippen molar-refractivity contribution < 1.29 is 19.1 Å². The summed E-state index contributed by atoms with van der Waals surface area (Å²) in [5, 5.41) is 8.80. The molecule has 1 aliphatic heterocycles. The van der Waals surface area contributed by atoms with E-state index in [1.165, 1.54) is 0 Å². The normalized spacial score (nSPS) is 17.3. The van der Waals surface area contributed by atoms with Gasteiger partial charge in [0.1, 0.15) is 12.1 Å². The van der Waals surface area contributed by atoms with Crippen LogP contribution in [0.1, 0.15) is 31.2 Å². The lowest BCUT2D eigenvalue weighted by atomic mass is 10.1. The van der Waals surface area contributed by atoms with Crippen molar-refractivity contribution in [3.8, 4) is 0 Å². The number of carbonyl (C=O) groups excluding carboxylic acids is 3. The Morgan fingerprint density at radius 2 is 2.04 bits per heavy atom. The summed E-state index contributed by atoms with van der Waals surface area (Å²) in [6.07, 6.45) is 3.03. The van der Waals surface area contributed by atoms with Crippen molar-refractivity contribution in [3.63, 3.8) is 0 Å². The zero-order valence-electron chi connectivity index (χ0n) is 15.6. The van der Waals surface area contributed by atoms with E-state index in [9.17, 15) is 14.4 Å². The second-order valence-corrected chi connectivity index (χ2v) is 6.65. The third-order valence-electron chi connectivity index (χ3n) is 4.37. The number of carbonyl (C=O) groups is 3. The van der Waals surface area contributed by atoms with Crippen molar-refractivity contribution in [2.24, 2.45) is 5.73 Å². The summed E-state index contributed by atoms with van der Waals surface area (Å²) in [6, 6.07) is 5.76. The van der Waals surface area contributed by atoms with Gasteiger partial charge in [0.05, 0.1) is 0 Å². The Kier molecular flexibility index (Phi) is 8.38. The number of ether oxygens (including phenoxy) is 1. The van der Waals surface area contributed by atoms with Crippen LogP contribution >= 0.6 is 0 Å². The summed E-state index contributed by atoms with van der Waals surface area (Å²) in [4.78, 5) is 35.6. The van der Waals surface area contributed by atoms with E-state index in [0.717, 1.165) is 31.5 Å². The van der Waals surface area contributed by atoms with Gasteiger partial charge < -0.3 is 26.4 Å². The number of esters is 2. The van der Waals surface area contributed by atoms with Crippen molar-refractivity contribution in [3.05, 3.63) is 29.8 Å². The Balaban J connectivity index is 1.78. The molecule has 8 nitrogen and oxygen atoms in total. The molecule has 1 aromatic rings. The molecule has 0 aromatic heterocycles. The maximum absolute atomic E-state index is 12.0. The van der Waals surface area contributed by atoms with Crippen molar-refractivity contribution >= 4 is 23.5 Å². The van der Waals surface area contributed by atoms with Gasteiger partial charge in [-0.15, -0.1) is 0 Å². The van der Waals surface area contributed by atoms with E-state index in [2.05, 4.69) is 16.0 Å². The van der Waals surface area contributed by atoms with Crippen molar-refractivity contribution in [1.82, 2.24) is 10.6 Å². The summed E-state index contributed by atoms with van der Waals surface area (Å²) in [5.41, 5.74) is 7.37. The predicted octanol–water partition coefficient (Wildman–Crippen LogP) is 0.316. The summed E-state index contributed by atoms with van der Waals surface area (Å²) >= 11 is 0. The minimum atomic E-state index is -0.919. The lowest BCUT2D eigenvalue weighted by Crippen LogP contribution is -2.40. The van der Waals surface area contributed by atoms with Crippen molar-refractivity contribution in [1.29, 1.82) is 0 Å². The number of amides is 1. The number of benzene rings is 1. The van der Waals surface area contributed by atoms with E-state index in [0.29, 0.717) is 18.5 Å². The Bertz CT molecular complexity index is 642. The van der Waals surface area contributed by atoms with Crippen LogP contribution in [-0.2, 0) is 25.5 Å². The number of rotatable bonds is 9. The number of hydrogen-bond acceptors (Lipinski definition) is 7. The van der Waals surface area contributed by atoms with Crippen LogP contribution in [-0.4, -0.2) is 50.1 Å². The molecular weight excluding hydrogens is 348 g/mol. The zero-order chi connectivity index (χ0) is 19.6. The zero-order valence-corrected chi connectivity index (χ0v) is 15.6. The number of nitrogens with one attached hydrogen (secondary N) is 3. The van der Waals surface area contributed by atoms with Gasteiger partial charge in [0.15, 0.2) is 0 Å². The summed E-state index contributed by atoms with van der Waals surface area (Å²) in [7, 11) is 1.85. The molecule has 1 amide bonds. The average molecular weight is 376 g/mol. The SMILES string of the molecule is CNCCCC(=O)Nc1ccc(C[C@H](N)C(=O)OC(=O)[C@@H]2CCCN2)cc1. The van der Waals surface area contributed by atoms with Crippen LogP contribution in [0.3, 0.4) is 0 Å². The molecule has 1 fully saturated rings. The van der Waals surface area contributed by atoms with Crippen LogP contribution < -0.4 is 21.7 Å². The number of anilines is 1. The van der Waals surface area contributed by atoms with Crippen LogP contribution in [0, 0.1) is 0 Å². The Morgan fingerprint density at radius 3 is 2.67 bits per heavy atom. The molecule has 27 heavy (non-hydrogen) atoms. The van der Waals surface area contributed by atoms with E-state index >= 15 is 0 Å². The average Bonchev–Trinajstić information content (AvgIpc) is 3.18. The van der Waals surface area contributed by atoms with Crippen LogP contribution in [0.5, 0.6) is 0 Å². The van der Waals surface area contributed by atoms with Crippen LogP contribution in [0.4, 0.5) is 5.69 Å². The fourth-order valence-corrected chi connectivity index (χ4v) is 2.84. The van der Waals surface area contributed by atoms with Gasteiger partial charge in [-0.3, -0.25) is 4.79 Å². The van der Waals surface area contributed by atoms with Gasteiger partial charge in [0.25, 0.3) is 0 Å². The summed E-state index contributed by atoms with van der Waals surface area (Å²) < 4.78 is 4.86. The Hall–Kier alpha value is -2.29. The molecule has 1 saturated heterocycles. The fraction of sp³-hybridized carbons (Fsp3) is 0.526. The number of hydrogen-bond donors (Lipinski definition) is 4. The van der Waals surface area contributed by atoms with Gasteiger partial charge in [0.2, 0.25) is 5.91 Å². The van der Waals surface area contributed by atoms with E-state index < -0.39 is 24.0 Å². The largest absolute Gasteiger partial charge is 0.391 e. The first-order valence-corrected chi connectivity index (χ1v) is 9.27. The highest BCUT2D eigenvalue weighted by Crippen LogP contribution is 2.13. The Labute approximate surface area is 159 Å². The lowest BCUT2D eigenvalue weighted by molar-refractivity contribution is -0.161. The first-order valence-electron chi connectivity index (χ1n) is 9.27. The summed E-state index contributed by atoms with van der Waals surface area (Å²) in [6.45, 7) is 1.54. The quantitative estimate of drug-likeness (QED) is 0.278. The highest BCUT2D eigenvalue weighted by molar-refractivity contribution is 5.91. The molecular formula is C19H28N4O4. The fourth-order valence-electron chi connectivity index (χ4n) is 2.84. The molecule has 0 spiro atoms. The molecule has 1 aliphatic rings. The molecule has 148 valence electrons. The first-order chi connectivity index (χ1) is 13.0. The molecule has 0 unspecified atom stereocenters. The topological polar surface area (TPSA) is 123 Å². The van der Waals surface area contributed by atoms with Gasteiger partial charge in [-0.05, 0) is 63.5 Å². The molecule has 8 heteroatoms. The van der Waals surface area contributed by atoms with Crippen LogP contribution in [0.15, 0.2) is 24.3 Å². The molecule has 2 atom stereocenters. The van der Waals surface area contributed by atoms with Gasteiger partial charge >= 0.3 is 11.9 Å². The van der Waals surface area contributed by atoms with E-state index in [1.54, 1.807) is 24.3 Å². The van der Waals surface area contributed by atoms with Gasteiger partial charge in [-0.25, -0.2) is 9.59 Å². The second-order valence-electron chi connectivity index (χ2n) is 6.65. The van der Waals surface area contributed by atoms with Gasteiger partial charge in [-0.1, -0.05) is 12.1 Å². The summed E-state index contributed by atoms with van der Waals surface area (Å²) in [5.74, 6) is -1.34. The lowest BCUT2D eigenvalue weighted by Gasteiger charge is -2.13. The Morgan fingerprint density at radius 1 is 1.30 bits per heavy atom. The highest BCUT2D eigenvalue weighted by atomic mass is 16.6. The third kappa shape index (κ3) is 7.09. The molecule has 5 N–H and O–H groups in total. The first kappa shape index (κ1) is 21.0. The molecule has 0 aliphatic carbocycles. The van der Waals surface area contributed by atoms with Gasteiger partial charge in [-0.2, -0.15) is 0 Å². The van der Waals surface area contributed by atoms with E-state index in [-0.39, 0.29) is 12.3 Å². The minimum Gasteiger partial charge on any atom is -0.391 e. The molecule has 0 bridgehead atoms. The maximum atomic E-state index is 12.0. The second kappa shape index (κ2) is 10.8. The third-order valence-corrected chi connectivity index (χ3v) is 4.37. The number of nitrogens with two attached hydrogens (primary N) is 1. The monoisotopic (exact) mass is 376 g/mol. The molecule has 1 aromatic carbocycles. The van der Waals surface area contributed by atoms with Crippen LogP contribution in [0.2, 0.25) is 0 Å².